The normalized spacial score (nSPS) is 11.1. The van der Waals surface area contributed by atoms with Crippen molar-refractivity contribution < 1.29 is 10.0 Å². The molecule has 0 spiro atoms. The Balaban J connectivity index is 2.21. The lowest BCUT2D eigenvalue weighted by atomic mass is 10.0. The van der Waals surface area contributed by atoms with Gasteiger partial charge in [0.25, 0.3) is 0 Å². The van der Waals surface area contributed by atoms with Gasteiger partial charge in [-0.1, -0.05) is 47.1 Å². The Bertz CT molecular complexity index is 920. The predicted molar refractivity (Wildman–Crippen MR) is 90.4 cm³/mol. The smallest absolute Gasteiger partial charge is 0.195 e. The summed E-state index contributed by atoms with van der Waals surface area (Å²) >= 11 is 6.09. The van der Waals surface area contributed by atoms with E-state index in [9.17, 15) is 4.79 Å². The molecule has 1 heterocycles. The van der Waals surface area contributed by atoms with E-state index in [2.05, 4.69) is 15.4 Å². The molecule has 0 radical (unpaired) electrons. The van der Waals surface area contributed by atoms with Gasteiger partial charge in [-0.05, 0) is 25.1 Å². The molecule has 1 N–H and O–H groups in total. The molecule has 0 aliphatic carbocycles. The van der Waals surface area contributed by atoms with Gasteiger partial charge in [-0.2, -0.15) is 0 Å². The average Bonchev–Trinajstić information content (AvgIpc) is 2.96. The minimum atomic E-state index is -0.173. The number of rotatable bonds is 4. The van der Waals surface area contributed by atoms with E-state index in [1.807, 2.05) is 6.07 Å². The second-order valence-electron chi connectivity index (χ2n) is 5.04. The van der Waals surface area contributed by atoms with Crippen molar-refractivity contribution in [3.63, 3.8) is 0 Å². The van der Waals surface area contributed by atoms with Crippen LogP contribution in [0.1, 0.15) is 27.6 Å². The maximum atomic E-state index is 12.9. The van der Waals surface area contributed by atoms with E-state index in [0.717, 1.165) is 6.21 Å². The maximum absolute atomic E-state index is 12.9. The second kappa shape index (κ2) is 6.64. The number of carbonyl (C=O) groups is 1. The lowest BCUT2D eigenvalue weighted by molar-refractivity contribution is 0.103. The summed E-state index contributed by atoms with van der Waals surface area (Å²) < 4.78 is 1.63. The van der Waals surface area contributed by atoms with Crippen LogP contribution in [-0.4, -0.2) is 32.0 Å². The van der Waals surface area contributed by atoms with E-state index in [1.54, 1.807) is 54.0 Å². The van der Waals surface area contributed by atoms with Crippen LogP contribution in [0.15, 0.2) is 53.7 Å². The average molecular weight is 341 g/mol. The van der Waals surface area contributed by atoms with Crippen molar-refractivity contribution in [2.75, 3.05) is 0 Å². The van der Waals surface area contributed by atoms with Crippen LogP contribution >= 0.6 is 11.6 Å². The molecular weight excluding hydrogens is 328 g/mol. The summed E-state index contributed by atoms with van der Waals surface area (Å²) in [4.78, 5) is 12.9. The van der Waals surface area contributed by atoms with Gasteiger partial charge in [0.1, 0.15) is 12.0 Å². The third-order valence-corrected chi connectivity index (χ3v) is 3.74. The van der Waals surface area contributed by atoms with Crippen molar-refractivity contribution in [3.05, 3.63) is 76.3 Å². The molecule has 0 saturated carbocycles. The molecule has 0 unspecified atom stereocenters. The molecule has 0 atom stereocenters. The molecule has 0 aliphatic heterocycles. The number of halogens is 1. The molecule has 6 nitrogen and oxygen atoms in total. The van der Waals surface area contributed by atoms with Crippen LogP contribution in [0.3, 0.4) is 0 Å². The standard InChI is InChI=1S/C17H13ClN4O2/c1-11-20-21-16(10-19-24)22(11)15-8-7-13(18)9-14(15)17(23)12-5-3-2-4-6-12/h2-10,24H,1H3/b19-10+. The molecule has 1 aromatic heterocycles. The van der Waals surface area contributed by atoms with E-state index in [0.29, 0.717) is 33.5 Å². The lowest BCUT2D eigenvalue weighted by Gasteiger charge is -2.12. The largest absolute Gasteiger partial charge is 0.411 e. The third kappa shape index (κ3) is 2.91. The number of nitrogens with zero attached hydrogens (tertiary/aromatic N) is 4. The molecule has 0 fully saturated rings. The van der Waals surface area contributed by atoms with Gasteiger partial charge in [0.15, 0.2) is 11.6 Å². The first-order valence-electron chi connectivity index (χ1n) is 7.11. The zero-order chi connectivity index (χ0) is 17.1. The molecule has 3 rings (SSSR count). The summed E-state index contributed by atoms with van der Waals surface area (Å²) in [5.41, 5.74) is 1.51. The van der Waals surface area contributed by atoms with Crippen molar-refractivity contribution >= 4 is 23.6 Å². The number of hydrogen-bond acceptors (Lipinski definition) is 5. The fourth-order valence-electron chi connectivity index (χ4n) is 2.44. The molecule has 0 amide bonds. The molecule has 7 heteroatoms. The Labute approximate surface area is 143 Å². The predicted octanol–water partition coefficient (Wildman–Crippen LogP) is 3.27. The zero-order valence-corrected chi connectivity index (χ0v) is 13.5. The number of aryl methyl sites for hydroxylation is 1. The molecule has 0 aliphatic rings. The van der Waals surface area contributed by atoms with E-state index in [-0.39, 0.29) is 5.78 Å². The van der Waals surface area contributed by atoms with Gasteiger partial charge in [0.05, 0.1) is 5.69 Å². The zero-order valence-electron chi connectivity index (χ0n) is 12.7. The van der Waals surface area contributed by atoms with Gasteiger partial charge in [0, 0.05) is 16.1 Å². The number of benzene rings is 2. The summed E-state index contributed by atoms with van der Waals surface area (Å²) in [6.07, 6.45) is 1.16. The van der Waals surface area contributed by atoms with Crippen LogP contribution in [0.2, 0.25) is 5.02 Å². The highest BCUT2D eigenvalue weighted by Gasteiger charge is 2.19. The fourth-order valence-corrected chi connectivity index (χ4v) is 2.61. The highest BCUT2D eigenvalue weighted by molar-refractivity contribution is 6.31. The minimum absolute atomic E-state index is 0.173. The van der Waals surface area contributed by atoms with E-state index in [4.69, 9.17) is 16.8 Å². The van der Waals surface area contributed by atoms with Crippen molar-refractivity contribution in [2.24, 2.45) is 5.16 Å². The van der Waals surface area contributed by atoms with Crippen molar-refractivity contribution in [1.29, 1.82) is 0 Å². The van der Waals surface area contributed by atoms with Crippen molar-refractivity contribution in [2.45, 2.75) is 6.92 Å². The quantitative estimate of drug-likeness (QED) is 0.342. The van der Waals surface area contributed by atoms with Gasteiger partial charge in [0.2, 0.25) is 0 Å². The monoisotopic (exact) mass is 340 g/mol. The number of ketones is 1. The first kappa shape index (κ1) is 15.9. The van der Waals surface area contributed by atoms with Crippen LogP contribution < -0.4 is 0 Å². The van der Waals surface area contributed by atoms with E-state index >= 15 is 0 Å². The second-order valence-corrected chi connectivity index (χ2v) is 5.48. The van der Waals surface area contributed by atoms with Gasteiger partial charge < -0.3 is 5.21 Å². The Kier molecular flexibility index (Phi) is 4.39. The van der Waals surface area contributed by atoms with Gasteiger partial charge in [-0.15, -0.1) is 10.2 Å². The molecule has 3 aromatic rings. The number of hydrogen-bond donors (Lipinski definition) is 1. The molecule has 2 aromatic carbocycles. The number of carbonyl (C=O) groups excluding carboxylic acids is 1. The highest BCUT2D eigenvalue weighted by Crippen LogP contribution is 2.24. The maximum Gasteiger partial charge on any atom is 0.195 e. The van der Waals surface area contributed by atoms with Gasteiger partial charge in [-0.25, -0.2) is 0 Å². The van der Waals surface area contributed by atoms with Crippen LogP contribution in [0.5, 0.6) is 0 Å². The Morgan fingerprint density at radius 2 is 1.96 bits per heavy atom. The SMILES string of the molecule is Cc1nnc(/C=N/O)n1-c1ccc(Cl)cc1C(=O)c1ccccc1. The first-order chi connectivity index (χ1) is 11.6. The minimum Gasteiger partial charge on any atom is -0.411 e. The summed E-state index contributed by atoms with van der Waals surface area (Å²) in [5.74, 6) is 0.682. The lowest BCUT2D eigenvalue weighted by Crippen LogP contribution is -2.11. The van der Waals surface area contributed by atoms with Crippen molar-refractivity contribution in [1.82, 2.24) is 14.8 Å². The summed E-state index contributed by atoms with van der Waals surface area (Å²) in [6.45, 7) is 1.74. The molecule has 120 valence electrons. The molecule has 0 saturated heterocycles. The third-order valence-electron chi connectivity index (χ3n) is 3.50. The van der Waals surface area contributed by atoms with E-state index < -0.39 is 0 Å². The van der Waals surface area contributed by atoms with Gasteiger partial charge in [-0.3, -0.25) is 9.36 Å². The topological polar surface area (TPSA) is 80.4 Å². The number of aromatic nitrogens is 3. The van der Waals surface area contributed by atoms with Gasteiger partial charge >= 0.3 is 0 Å². The Morgan fingerprint density at radius 1 is 1.21 bits per heavy atom. The Hall–Kier alpha value is -2.99. The summed E-state index contributed by atoms with van der Waals surface area (Å²) in [7, 11) is 0. The molecule has 0 bridgehead atoms. The van der Waals surface area contributed by atoms with Crippen LogP contribution in [0.4, 0.5) is 0 Å². The first-order valence-corrected chi connectivity index (χ1v) is 7.48. The van der Waals surface area contributed by atoms with Crippen LogP contribution in [0, 0.1) is 6.92 Å². The van der Waals surface area contributed by atoms with E-state index in [1.165, 1.54) is 0 Å². The molecular formula is C17H13ClN4O2. The summed E-state index contributed by atoms with van der Waals surface area (Å²) in [6, 6.07) is 13.9. The van der Waals surface area contributed by atoms with Crippen LogP contribution in [-0.2, 0) is 0 Å². The molecule has 24 heavy (non-hydrogen) atoms. The van der Waals surface area contributed by atoms with Crippen LogP contribution in [0.25, 0.3) is 5.69 Å². The fraction of sp³-hybridized carbons (Fsp3) is 0.0588. The number of oxime groups is 1. The Morgan fingerprint density at radius 3 is 2.67 bits per heavy atom. The summed E-state index contributed by atoms with van der Waals surface area (Å²) in [5, 5.41) is 20.2. The highest BCUT2D eigenvalue weighted by atomic mass is 35.5. The van der Waals surface area contributed by atoms with Crippen molar-refractivity contribution in [3.8, 4) is 5.69 Å².